The molecule has 0 heterocycles. The van der Waals surface area contributed by atoms with Gasteiger partial charge in [-0.25, -0.2) is 4.79 Å². The molecule has 2 N–H and O–H groups in total. The lowest BCUT2D eigenvalue weighted by atomic mass is 10.2. The number of methoxy groups -OCH3 is 2. The molecular formula is C19H22N2O5. The van der Waals surface area contributed by atoms with Crippen molar-refractivity contribution in [2.24, 2.45) is 10.9 Å². The first-order valence-electron chi connectivity index (χ1n) is 7.98. The third-order valence-electron chi connectivity index (χ3n) is 3.35. The summed E-state index contributed by atoms with van der Waals surface area (Å²) in [5.41, 5.74) is 6.73. The van der Waals surface area contributed by atoms with E-state index in [1.165, 1.54) is 14.2 Å². The van der Waals surface area contributed by atoms with Crippen molar-refractivity contribution >= 4 is 11.8 Å². The van der Waals surface area contributed by atoms with Gasteiger partial charge in [-0.3, -0.25) is 0 Å². The van der Waals surface area contributed by atoms with E-state index in [0.29, 0.717) is 28.4 Å². The van der Waals surface area contributed by atoms with Gasteiger partial charge in [0, 0.05) is 5.56 Å². The molecule has 0 aliphatic rings. The molecule has 2 aromatic rings. The van der Waals surface area contributed by atoms with Crippen LogP contribution in [0.3, 0.4) is 0 Å². The molecule has 0 radical (unpaired) electrons. The minimum Gasteiger partial charge on any atom is -0.493 e. The number of oxime groups is 1. The van der Waals surface area contributed by atoms with Crippen LogP contribution < -0.4 is 19.9 Å². The van der Waals surface area contributed by atoms with Crippen molar-refractivity contribution in [1.29, 1.82) is 0 Å². The molecule has 0 saturated carbocycles. The topological polar surface area (TPSA) is 92.4 Å². The number of amidine groups is 1. The van der Waals surface area contributed by atoms with Gasteiger partial charge >= 0.3 is 5.97 Å². The molecule has 0 aromatic heterocycles. The molecule has 0 atom stereocenters. The first kappa shape index (κ1) is 19.1. The molecule has 2 aromatic carbocycles. The maximum absolute atomic E-state index is 12.2. The Balaban J connectivity index is 2.12. The Bertz CT molecular complexity index is 802. The molecule has 0 spiro atoms. The Labute approximate surface area is 152 Å². The van der Waals surface area contributed by atoms with Crippen LogP contribution in [0.25, 0.3) is 0 Å². The first-order chi connectivity index (χ1) is 12.4. The number of nitrogens with zero attached hydrogens (tertiary/aromatic N) is 1. The zero-order valence-corrected chi connectivity index (χ0v) is 15.2. The van der Waals surface area contributed by atoms with Crippen molar-refractivity contribution in [2.75, 3.05) is 14.2 Å². The van der Waals surface area contributed by atoms with Crippen molar-refractivity contribution in [2.45, 2.75) is 20.0 Å². The van der Waals surface area contributed by atoms with Crippen LogP contribution in [-0.4, -0.2) is 32.1 Å². The van der Waals surface area contributed by atoms with Crippen LogP contribution in [0.15, 0.2) is 47.6 Å². The van der Waals surface area contributed by atoms with E-state index >= 15 is 0 Å². The maximum Gasteiger partial charge on any atom is 0.365 e. The summed E-state index contributed by atoms with van der Waals surface area (Å²) in [5, 5.41) is 3.70. The van der Waals surface area contributed by atoms with Gasteiger partial charge in [0.2, 0.25) is 0 Å². The van der Waals surface area contributed by atoms with E-state index in [9.17, 15) is 4.79 Å². The second-order valence-electron chi connectivity index (χ2n) is 5.62. The number of carbonyl (C=O) groups excluding carboxylic acids is 1. The summed E-state index contributed by atoms with van der Waals surface area (Å²) >= 11 is 0. The fourth-order valence-electron chi connectivity index (χ4n) is 2.16. The molecule has 7 heteroatoms. The van der Waals surface area contributed by atoms with Crippen LogP contribution in [-0.2, 0) is 4.84 Å². The number of nitrogens with two attached hydrogens (primary N) is 1. The van der Waals surface area contributed by atoms with Gasteiger partial charge in [0.05, 0.1) is 25.9 Å². The second kappa shape index (κ2) is 8.75. The lowest BCUT2D eigenvalue weighted by molar-refractivity contribution is 0.0515. The highest BCUT2D eigenvalue weighted by molar-refractivity contribution is 5.98. The van der Waals surface area contributed by atoms with Crippen molar-refractivity contribution in [3.63, 3.8) is 0 Å². The van der Waals surface area contributed by atoms with Gasteiger partial charge in [-0.2, -0.15) is 0 Å². The van der Waals surface area contributed by atoms with Crippen LogP contribution in [0.4, 0.5) is 0 Å². The number of hydrogen-bond donors (Lipinski definition) is 1. The summed E-state index contributed by atoms with van der Waals surface area (Å²) in [5.74, 6) is 1.03. The van der Waals surface area contributed by atoms with E-state index in [2.05, 4.69) is 5.16 Å². The number of ether oxygens (including phenoxy) is 3. The molecule has 0 amide bonds. The molecule has 7 nitrogen and oxygen atoms in total. The smallest absolute Gasteiger partial charge is 0.365 e. The summed E-state index contributed by atoms with van der Waals surface area (Å²) < 4.78 is 15.9. The normalized spacial score (nSPS) is 11.2. The minimum atomic E-state index is -0.636. The van der Waals surface area contributed by atoms with Crippen LogP contribution in [0, 0.1) is 0 Å². The molecule has 0 bridgehead atoms. The predicted molar refractivity (Wildman–Crippen MR) is 97.9 cm³/mol. The molecule has 0 fully saturated rings. The highest BCUT2D eigenvalue weighted by Crippen LogP contribution is 2.27. The summed E-state index contributed by atoms with van der Waals surface area (Å²) in [4.78, 5) is 17.1. The van der Waals surface area contributed by atoms with Crippen molar-refractivity contribution in [3.05, 3.63) is 53.6 Å². The predicted octanol–water partition coefficient (Wildman–Crippen LogP) is 2.97. The molecule has 0 aliphatic carbocycles. The maximum atomic E-state index is 12.2. The van der Waals surface area contributed by atoms with E-state index in [1.54, 1.807) is 42.5 Å². The zero-order chi connectivity index (χ0) is 19.1. The van der Waals surface area contributed by atoms with Crippen LogP contribution in [0.1, 0.15) is 29.8 Å². The molecule has 0 saturated heterocycles. The Morgan fingerprint density at radius 3 is 2.38 bits per heavy atom. The third-order valence-corrected chi connectivity index (χ3v) is 3.35. The lowest BCUT2D eigenvalue weighted by Crippen LogP contribution is -2.15. The number of rotatable bonds is 7. The van der Waals surface area contributed by atoms with Crippen molar-refractivity contribution in [3.8, 4) is 17.2 Å². The highest BCUT2D eigenvalue weighted by atomic mass is 16.7. The summed E-state index contributed by atoms with van der Waals surface area (Å²) in [6, 6.07) is 11.7. The van der Waals surface area contributed by atoms with Crippen molar-refractivity contribution in [1.82, 2.24) is 0 Å². The van der Waals surface area contributed by atoms with Crippen LogP contribution >= 0.6 is 0 Å². The molecule has 0 aliphatic heterocycles. The van der Waals surface area contributed by atoms with E-state index in [4.69, 9.17) is 24.8 Å². The van der Waals surface area contributed by atoms with Gasteiger partial charge in [0.1, 0.15) is 5.75 Å². The fourth-order valence-corrected chi connectivity index (χ4v) is 2.16. The van der Waals surface area contributed by atoms with Gasteiger partial charge in [-0.15, -0.1) is 0 Å². The van der Waals surface area contributed by atoms with Gasteiger partial charge in [-0.05, 0) is 50.2 Å². The summed E-state index contributed by atoms with van der Waals surface area (Å²) in [6.07, 6.45) is -0.0000110. The standard InChI is InChI=1S/C19H22N2O5/c1-12(2)25-15-7-5-6-14(10-15)19(22)26-21-18(20)13-8-9-16(23-3)17(11-13)24-4/h5-12H,1-4H3,(H2,20,21). The third kappa shape index (κ3) is 4.89. The Morgan fingerprint density at radius 2 is 1.73 bits per heavy atom. The molecule has 26 heavy (non-hydrogen) atoms. The monoisotopic (exact) mass is 358 g/mol. The van der Waals surface area contributed by atoms with Crippen molar-refractivity contribution < 1.29 is 23.8 Å². The van der Waals surface area contributed by atoms with Crippen LogP contribution in [0.2, 0.25) is 0 Å². The van der Waals surface area contributed by atoms with Gasteiger partial charge in [0.15, 0.2) is 17.3 Å². The number of carbonyl (C=O) groups is 1. The largest absolute Gasteiger partial charge is 0.493 e. The summed E-state index contributed by atoms with van der Waals surface area (Å²) in [6.45, 7) is 3.80. The Morgan fingerprint density at radius 1 is 1.00 bits per heavy atom. The Kier molecular flexibility index (Phi) is 6.43. The number of benzene rings is 2. The van der Waals surface area contributed by atoms with E-state index in [-0.39, 0.29) is 11.9 Å². The lowest BCUT2D eigenvalue weighted by Gasteiger charge is -2.10. The number of hydrogen-bond acceptors (Lipinski definition) is 6. The average Bonchev–Trinajstić information content (AvgIpc) is 2.64. The van der Waals surface area contributed by atoms with E-state index in [1.807, 2.05) is 13.8 Å². The molecule has 2 rings (SSSR count). The molecule has 0 unspecified atom stereocenters. The first-order valence-corrected chi connectivity index (χ1v) is 7.98. The van der Waals surface area contributed by atoms with Crippen LogP contribution in [0.5, 0.6) is 17.2 Å². The van der Waals surface area contributed by atoms with Gasteiger partial charge < -0.3 is 24.8 Å². The quantitative estimate of drug-likeness (QED) is 0.354. The summed E-state index contributed by atoms with van der Waals surface area (Å²) in [7, 11) is 3.05. The van der Waals surface area contributed by atoms with Gasteiger partial charge in [0.25, 0.3) is 0 Å². The van der Waals surface area contributed by atoms with E-state index in [0.717, 1.165) is 0 Å². The van der Waals surface area contributed by atoms with E-state index < -0.39 is 5.97 Å². The minimum absolute atomic E-state index is 0.0000110. The fraction of sp³-hybridized carbons (Fsp3) is 0.263. The highest BCUT2D eigenvalue weighted by Gasteiger charge is 2.11. The Hall–Kier alpha value is -3.22. The molecule has 138 valence electrons. The SMILES string of the molecule is COc1ccc(/C(N)=N\OC(=O)c2cccc(OC(C)C)c2)cc1OC. The average molecular weight is 358 g/mol. The van der Waals surface area contributed by atoms with Gasteiger partial charge in [-0.1, -0.05) is 11.2 Å². The molecular weight excluding hydrogens is 336 g/mol. The second-order valence-corrected chi connectivity index (χ2v) is 5.62. The zero-order valence-electron chi connectivity index (χ0n) is 15.2.